The normalized spacial score (nSPS) is 15.7. The lowest BCUT2D eigenvalue weighted by Crippen LogP contribution is -2.39. The molecule has 2 N–H and O–H groups in total. The van der Waals surface area contributed by atoms with Crippen LogP contribution in [0, 0.1) is 5.92 Å². The highest BCUT2D eigenvalue weighted by Crippen LogP contribution is 2.26. The van der Waals surface area contributed by atoms with Crippen LogP contribution in [0.3, 0.4) is 0 Å². The Balaban J connectivity index is 1.39. The molecule has 0 aromatic heterocycles. The van der Waals surface area contributed by atoms with Crippen LogP contribution in [0.15, 0.2) is 48.5 Å². The van der Waals surface area contributed by atoms with Crippen molar-refractivity contribution in [3.63, 3.8) is 0 Å². The molecule has 1 aliphatic rings. The quantitative estimate of drug-likeness (QED) is 0.665. The number of nitrogens with one attached hydrogen (secondary N) is 2. The van der Waals surface area contributed by atoms with Gasteiger partial charge in [-0.25, -0.2) is 4.79 Å². The van der Waals surface area contributed by atoms with Gasteiger partial charge in [0.05, 0.1) is 13.7 Å². The van der Waals surface area contributed by atoms with E-state index in [0.717, 1.165) is 29.2 Å². The van der Waals surface area contributed by atoms with Crippen molar-refractivity contribution in [3.8, 4) is 11.5 Å². The predicted molar refractivity (Wildman–Crippen MR) is 116 cm³/mol. The molecule has 2 aromatic rings. The molecule has 3 amide bonds. The van der Waals surface area contributed by atoms with E-state index in [1.165, 1.54) is 0 Å². The van der Waals surface area contributed by atoms with E-state index in [1.807, 2.05) is 55.5 Å². The monoisotopic (exact) mass is 411 g/mol. The summed E-state index contributed by atoms with van der Waals surface area (Å²) in [5.74, 6) is 1.77. The molecule has 1 heterocycles. The highest BCUT2D eigenvalue weighted by molar-refractivity contribution is 5.95. The summed E-state index contributed by atoms with van der Waals surface area (Å²) in [6, 6.07) is 15.1. The molecule has 7 nitrogen and oxygen atoms in total. The first kappa shape index (κ1) is 21.5. The molecule has 1 aliphatic heterocycles. The second-order valence-electron chi connectivity index (χ2n) is 7.24. The number of benzene rings is 2. The second kappa shape index (κ2) is 10.5. The maximum Gasteiger partial charge on any atom is 0.314 e. The van der Waals surface area contributed by atoms with Gasteiger partial charge >= 0.3 is 6.03 Å². The summed E-state index contributed by atoms with van der Waals surface area (Å²) in [6.07, 6.45) is 1.17. The first-order valence-electron chi connectivity index (χ1n) is 10.3. The Morgan fingerprint density at radius 2 is 1.77 bits per heavy atom. The third kappa shape index (κ3) is 5.89. The maximum atomic E-state index is 12.4. The Hall–Kier alpha value is -3.22. The lowest BCUT2D eigenvalue weighted by atomic mass is 10.1. The fourth-order valence-electron chi connectivity index (χ4n) is 3.47. The third-order valence-electron chi connectivity index (χ3n) is 5.07. The van der Waals surface area contributed by atoms with Gasteiger partial charge in [-0.3, -0.25) is 4.79 Å². The molecule has 160 valence electrons. The average molecular weight is 412 g/mol. The van der Waals surface area contributed by atoms with Crippen LogP contribution in [0.5, 0.6) is 11.5 Å². The molecule has 1 fully saturated rings. The highest BCUT2D eigenvalue weighted by atomic mass is 16.5. The molecule has 0 radical (unpaired) electrons. The van der Waals surface area contributed by atoms with Gasteiger partial charge < -0.3 is 25.0 Å². The number of hydrogen-bond donors (Lipinski definition) is 2. The summed E-state index contributed by atoms with van der Waals surface area (Å²) >= 11 is 0. The Labute approximate surface area is 177 Å². The van der Waals surface area contributed by atoms with Crippen LogP contribution in [-0.4, -0.2) is 45.3 Å². The molecule has 0 saturated carbocycles. The SMILES string of the molecule is CCOc1ccc(N2C[C@@H](CNC(=O)NCCc3ccc(OC)cc3)CC2=O)cc1. The van der Waals surface area contributed by atoms with Gasteiger partial charge in [0.2, 0.25) is 5.91 Å². The number of urea groups is 1. The number of rotatable bonds is 9. The standard InChI is InChI=1S/C23H29N3O4/c1-3-30-21-10-6-19(7-11-21)26-16-18(14-22(26)27)15-25-23(28)24-13-12-17-4-8-20(29-2)9-5-17/h4-11,18H,3,12-16H2,1-2H3,(H2,24,25,28)/t18-/m1/s1. The molecule has 0 bridgehead atoms. The van der Waals surface area contributed by atoms with Crippen molar-refractivity contribution >= 4 is 17.6 Å². The van der Waals surface area contributed by atoms with E-state index >= 15 is 0 Å². The van der Waals surface area contributed by atoms with Gasteiger partial charge in [0, 0.05) is 37.7 Å². The summed E-state index contributed by atoms with van der Waals surface area (Å²) in [6.45, 7) is 4.15. The number of carbonyl (C=O) groups excluding carboxylic acids is 2. The smallest absolute Gasteiger partial charge is 0.314 e. The fourth-order valence-corrected chi connectivity index (χ4v) is 3.47. The van der Waals surface area contributed by atoms with Crippen molar-refractivity contribution in [2.24, 2.45) is 5.92 Å². The number of anilines is 1. The molecule has 1 atom stereocenters. The van der Waals surface area contributed by atoms with Crippen LogP contribution in [0.25, 0.3) is 0 Å². The van der Waals surface area contributed by atoms with Crippen LogP contribution < -0.4 is 25.0 Å². The van der Waals surface area contributed by atoms with Gasteiger partial charge in [-0.2, -0.15) is 0 Å². The summed E-state index contributed by atoms with van der Waals surface area (Å²) in [5.41, 5.74) is 1.98. The van der Waals surface area contributed by atoms with Gasteiger partial charge in [0.25, 0.3) is 0 Å². The minimum atomic E-state index is -0.213. The number of hydrogen-bond acceptors (Lipinski definition) is 4. The molecule has 3 rings (SSSR count). The number of amides is 3. The summed E-state index contributed by atoms with van der Waals surface area (Å²) in [7, 11) is 1.64. The van der Waals surface area contributed by atoms with Crippen molar-refractivity contribution in [3.05, 3.63) is 54.1 Å². The minimum Gasteiger partial charge on any atom is -0.497 e. The second-order valence-corrected chi connectivity index (χ2v) is 7.24. The van der Waals surface area contributed by atoms with Crippen molar-refractivity contribution in [2.75, 3.05) is 38.3 Å². The van der Waals surface area contributed by atoms with Crippen molar-refractivity contribution in [2.45, 2.75) is 19.8 Å². The van der Waals surface area contributed by atoms with Crippen LogP contribution in [0.2, 0.25) is 0 Å². The lowest BCUT2D eigenvalue weighted by molar-refractivity contribution is -0.117. The molecule has 0 aliphatic carbocycles. The van der Waals surface area contributed by atoms with E-state index in [1.54, 1.807) is 12.0 Å². The van der Waals surface area contributed by atoms with Gasteiger partial charge in [0.15, 0.2) is 0 Å². The van der Waals surface area contributed by atoms with Crippen LogP contribution in [0.1, 0.15) is 18.9 Å². The number of carbonyl (C=O) groups is 2. The molecule has 1 saturated heterocycles. The Bertz CT molecular complexity index is 837. The Morgan fingerprint density at radius 3 is 2.43 bits per heavy atom. The number of methoxy groups -OCH3 is 1. The van der Waals surface area contributed by atoms with E-state index in [9.17, 15) is 9.59 Å². The Morgan fingerprint density at radius 1 is 1.07 bits per heavy atom. The van der Waals surface area contributed by atoms with Gasteiger partial charge in [-0.1, -0.05) is 12.1 Å². The van der Waals surface area contributed by atoms with E-state index < -0.39 is 0 Å². The van der Waals surface area contributed by atoms with E-state index in [4.69, 9.17) is 9.47 Å². The molecule has 2 aromatic carbocycles. The van der Waals surface area contributed by atoms with E-state index in [2.05, 4.69) is 10.6 Å². The highest BCUT2D eigenvalue weighted by Gasteiger charge is 2.30. The maximum absolute atomic E-state index is 12.4. The zero-order chi connectivity index (χ0) is 21.3. The average Bonchev–Trinajstić information content (AvgIpc) is 3.14. The lowest BCUT2D eigenvalue weighted by Gasteiger charge is -2.17. The molecule has 7 heteroatoms. The van der Waals surface area contributed by atoms with Gasteiger partial charge in [0.1, 0.15) is 11.5 Å². The number of nitrogens with zero attached hydrogens (tertiary/aromatic N) is 1. The van der Waals surface area contributed by atoms with Gasteiger partial charge in [-0.05, 0) is 55.3 Å². The molecule has 0 unspecified atom stereocenters. The zero-order valence-corrected chi connectivity index (χ0v) is 17.5. The Kier molecular flexibility index (Phi) is 7.54. The molecule has 30 heavy (non-hydrogen) atoms. The molecular weight excluding hydrogens is 382 g/mol. The van der Waals surface area contributed by atoms with E-state index in [-0.39, 0.29) is 17.9 Å². The summed E-state index contributed by atoms with van der Waals surface area (Å²) < 4.78 is 10.6. The van der Waals surface area contributed by atoms with Gasteiger partial charge in [-0.15, -0.1) is 0 Å². The first-order valence-corrected chi connectivity index (χ1v) is 10.3. The first-order chi connectivity index (χ1) is 14.6. The molecular formula is C23H29N3O4. The fraction of sp³-hybridized carbons (Fsp3) is 0.391. The van der Waals surface area contributed by atoms with E-state index in [0.29, 0.717) is 32.7 Å². The van der Waals surface area contributed by atoms with Crippen molar-refractivity contribution in [1.29, 1.82) is 0 Å². The largest absolute Gasteiger partial charge is 0.497 e. The van der Waals surface area contributed by atoms with Crippen LogP contribution in [0.4, 0.5) is 10.5 Å². The minimum absolute atomic E-state index is 0.0749. The summed E-state index contributed by atoms with van der Waals surface area (Å²) in [5, 5.41) is 5.74. The predicted octanol–water partition coefficient (Wildman–Crippen LogP) is 2.99. The van der Waals surface area contributed by atoms with Crippen molar-refractivity contribution < 1.29 is 19.1 Å². The van der Waals surface area contributed by atoms with Crippen molar-refractivity contribution in [1.82, 2.24) is 10.6 Å². The topological polar surface area (TPSA) is 79.9 Å². The molecule has 0 spiro atoms. The van der Waals surface area contributed by atoms with Crippen LogP contribution in [-0.2, 0) is 11.2 Å². The summed E-state index contributed by atoms with van der Waals surface area (Å²) in [4.78, 5) is 26.2. The van der Waals surface area contributed by atoms with Crippen LogP contribution >= 0.6 is 0 Å². The third-order valence-corrected chi connectivity index (χ3v) is 5.07. The number of ether oxygens (including phenoxy) is 2. The zero-order valence-electron chi connectivity index (χ0n) is 17.5.